The Balaban J connectivity index is 2.20. The van der Waals surface area contributed by atoms with E-state index in [0.717, 1.165) is 5.69 Å². The van der Waals surface area contributed by atoms with Crippen molar-refractivity contribution in [1.82, 2.24) is 9.97 Å². The van der Waals surface area contributed by atoms with Crippen LogP contribution < -0.4 is 11.1 Å². The number of nitrogens with zero attached hydrogens (tertiary/aromatic N) is 2. The standard InChI is InChI=1S/C12H12N4O/c1-8-6-9(2-5-15-8)16-12(17)10-7-14-4-3-11(10)13/h2-7H,1H3,(H2,13,14)(H,15,16,17). The third kappa shape index (κ3) is 2.57. The van der Waals surface area contributed by atoms with Gasteiger partial charge in [-0.05, 0) is 25.1 Å². The fourth-order valence-corrected chi connectivity index (χ4v) is 1.42. The maximum atomic E-state index is 11.9. The minimum absolute atomic E-state index is 0.277. The lowest BCUT2D eigenvalue weighted by Gasteiger charge is -2.06. The molecule has 0 aliphatic carbocycles. The SMILES string of the molecule is Cc1cc(NC(=O)c2cnccc2N)ccn1. The summed E-state index contributed by atoms with van der Waals surface area (Å²) in [5.41, 5.74) is 7.98. The second-order valence-corrected chi connectivity index (χ2v) is 3.60. The zero-order chi connectivity index (χ0) is 12.3. The van der Waals surface area contributed by atoms with Gasteiger partial charge in [-0.25, -0.2) is 0 Å². The van der Waals surface area contributed by atoms with Gasteiger partial charge < -0.3 is 11.1 Å². The van der Waals surface area contributed by atoms with Crippen LogP contribution in [0.3, 0.4) is 0 Å². The minimum Gasteiger partial charge on any atom is -0.398 e. The second-order valence-electron chi connectivity index (χ2n) is 3.60. The van der Waals surface area contributed by atoms with Crippen LogP contribution in [-0.4, -0.2) is 15.9 Å². The van der Waals surface area contributed by atoms with E-state index in [0.29, 0.717) is 16.9 Å². The molecular weight excluding hydrogens is 216 g/mol. The van der Waals surface area contributed by atoms with Crippen molar-refractivity contribution >= 4 is 17.3 Å². The first-order chi connectivity index (χ1) is 8.16. The number of pyridine rings is 2. The fraction of sp³-hybridized carbons (Fsp3) is 0.0833. The molecule has 2 heterocycles. The maximum Gasteiger partial charge on any atom is 0.259 e. The van der Waals surface area contributed by atoms with Gasteiger partial charge in [0, 0.05) is 35.7 Å². The van der Waals surface area contributed by atoms with E-state index in [2.05, 4.69) is 15.3 Å². The lowest BCUT2D eigenvalue weighted by molar-refractivity contribution is 0.102. The van der Waals surface area contributed by atoms with Gasteiger partial charge in [0.2, 0.25) is 0 Å². The van der Waals surface area contributed by atoms with E-state index < -0.39 is 0 Å². The predicted octanol–water partition coefficient (Wildman–Crippen LogP) is 1.62. The van der Waals surface area contributed by atoms with Crippen molar-refractivity contribution in [2.24, 2.45) is 0 Å². The average molecular weight is 228 g/mol. The molecule has 0 bridgehead atoms. The molecule has 0 saturated carbocycles. The Morgan fingerprint density at radius 3 is 2.88 bits per heavy atom. The average Bonchev–Trinajstić information content (AvgIpc) is 2.29. The number of carbonyl (C=O) groups excluding carboxylic acids is 1. The van der Waals surface area contributed by atoms with Gasteiger partial charge in [-0.3, -0.25) is 14.8 Å². The Morgan fingerprint density at radius 1 is 1.35 bits per heavy atom. The maximum absolute atomic E-state index is 11.9. The van der Waals surface area contributed by atoms with Crippen LogP contribution in [0.25, 0.3) is 0 Å². The van der Waals surface area contributed by atoms with Crippen LogP contribution in [0.2, 0.25) is 0 Å². The molecule has 86 valence electrons. The van der Waals surface area contributed by atoms with Crippen LogP contribution in [0.4, 0.5) is 11.4 Å². The number of aromatic nitrogens is 2. The first-order valence-electron chi connectivity index (χ1n) is 5.10. The molecule has 0 atom stereocenters. The number of amides is 1. The Morgan fingerprint density at radius 2 is 2.18 bits per heavy atom. The van der Waals surface area contributed by atoms with Crippen molar-refractivity contribution < 1.29 is 4.79 Å². The van der Waals surface area contributed by atoms with Crippen molar-refractivity contribution in [3.05, 3.63) is 48.0 Å². The Hall–Kier alpha value is -2.43. The number of carbonyl (C=O) groups is 1. The molecule has 0 fully saturated rings. The van der Waals surface area contributed by atoms with Crippen LogP contribution in [0.15, 0.2) is 36.8 Å². The summed E-state index contributed by atoms with van der Waals surface area (Å²) in [4.78, 5) is 19.8. The van der Waals surface area contributed by atoms with Crippen LogP contribution in [0, 0.1) is 6.92 Å². The number of hydrogen-bond donors (Lipinski definition) is 2. The molecule has 0 aromatic carbocycles. The predicted molar refractivity (Wildman–Crippen MR) is 65.6 cm³/mol. The molecule has 0 unspecified atom stereocenters. The Labute approximate surface area is 98.7 Å². The molecule has 5 heteroatoms. The topological polar surface area (TPSA) is 80.9 Å². The van der Waals surface area contributed by atoms with E-state index >= 15 is 0 Å². The molecule has 2 aromatic rings. The smallest absolute Gasteiger partial charge is 0.259 e. The summed E-state index contributed by atoms with van der Waals surface area (Å²) in [6, 6.07) is 5.09. The highest BCUT2D eigenvalue weighted by Gasteiger charge is 2.09. The molecule has 0 aliphatic heterocycles. The quantitative estimate of drug-likeness (QED) is 0.818. The molecule has 0 saturated heterocycles. The summed E-state index contributed by atoms with van der Waals surface area (Å²) in [6.45, 7) is 1.86. The van der Waals surface area contributed by atoms with Gasteiger partial charge in [-0.15, -0.1) is 0 Å². The largest absolute Gasteiger partial charge is 0.398 e. The lowest BCUT2D eigenvalue weighted by Crippen LogP contribution is -2.14. The summed E-state index contributed by atoms with van der Waals surface area (Å²) >= 11 is 0. The zero-order valence-electron chi connectivity index (χ0n) is 9.34. The number of hydrogen-bond acceptors (Lipinski definition) is 4. The van der Waals surface area contributed by atoms with Gasteiger partial charge in [-0.1, -0.05) is 0 Å². The lowest BCUT2D eigenvalue weighted by atomic mass is 10.2. The zero-order valence-corrected chi connectivity index (χ0v) is 9.34. The van der Waals surface area contributed by atoms with E-state index in [4.69, 9.17) is 5.73 Å². The summed E-state index contributed by atoms with van der Waals surface area (Å²) in [5.74, 6) is -0.277. The molecule has 2 aromatic heterocycles. The Bertz CT molecular complexity index is 554. The van der Waals surface area contributed by atoms with Crippen molar-refractivity contribution in [2.45, 2.75) is 6.92 Å². The highest BCUT2D eigenvalue weighted by atomic mass is 16.1. The number of nitrogens with two attached hydrogens (primary N) is 1. The van der Waals surface area contributed by atoms with Gasteiger partial charge >= 0.3 is 0 Å². The van der Waals surface area contributed by atoms with Crippen molar-refractivity contribution in [1.29, 1.82) is 0 Å². The van der Waals surface area contributed by atoms with Gasteiger partial charge in [0.25, 0.3) is 5.91 Å². The molecule has 0 radical (unpaired) electrons. The molecular formula is C12H12N4O. The number of anilines is 2. The van der Waals surface area contributed by atoms with Crippen LogP contribution >= 0.6 is 0 Å². The third-order valence-electron chi connectivity index (χ3n) is 2.25. The van der Waals surface area contributed by atoms with E-state index in [1.165, 1.54) is 6.20 Å². The fourth-order valence-electron chi connectivity index (χ4n) is 1.42. The van der Waals surface area contributed by atoms with Crippen molar-refractivity contribution in [3.63, 3.8) is 0 Å². The van der Waals surface area contributed by atoms with E-state index in [-0.39, 0.29) is 5.91 Å². The van der Waals surface area contributed by atoms with Gasteiger partial charge in [0.1, 0.15) is 0 Å². The van der Waals surface area contributed by atoms with Gasteiger partial charge in [0.15, 0.2) is 0 Å². The highest BCUT2D eigenvalue weighted by Crippen LogP contribution is 2.13. The minimum atomic E-state index is -0.277. The Kier molecular flexibility index (Phi) is 3.00. The van der Waals surface area contributed by atoms with Crippen LogP contribution in [0.1, 0.15) is 16.1 Å². The molecule has 0 spiro atoms. The number of nitrogens with one attached hydrogen (secondary N) is 1. The van der Waals surface area contributed by atoms with E-state index in [1.54, 1.807) is 30.6 Å². The molecule has 0 aliphatic rings. The summed E-state index contributed by atoms with van der Waals surface area (Å²) in [5, 5.41) is 2.74. The van der Waals surface area contributed by atoms with Crippen molar-refractivity contribution in [2.75, 3.05) is 11.1 Å². The van der Waals surface area contributed by atoms with Gasteiger partial charge in [0.05, 0.1) is 5.56 Å². The molecule has 1 amide bonds. The first kappa shape index (κ1) is 11.1. The highest BCUT2D eigenvalue weighted by molar-refractivity contribution is 6.07. The number of nitrogen functional groups attached to an aromatic ring is 1. The van der Waals surface area contributed by atoms with Crippen LogP contribution in [0.5, 0.6) is 0 Å². The van der Waals surface area contributed by atoms with Gasteiger partial charge in [-0.2, -0.15) is 0 Å². The third-order valence-corrected chi connectivity index (χ3v) is 2.25. The normalized spacial score (nSPS) is 9.94. The first-order valence-corrected chi connectivity index (χ1v) is 5.10. The molecule has 17 heavy (non-hydrogen) atoms. The molecule has 3 N–H and O–H groups in total. The number of rotatable bonds is 2. The monoisotopic (exact) mass is 228 g/mol. The number of aryl methyl sites for hydroxylation is 1. The van der Waals surface area contributed by atoms with E-state index in [9.17, 15) is 4.79 Å². The van der Waals surface area contributed by atoms with Crippen molar-refractivity contribution in [3.8, 4) is 0 Å². The second kappa shape index (κ2) is 4.61. The molecule has 5 nitrogen and oxygen atoms in total. The summed E-state index contributed by atoms with van der Waals surface area (Å²) in [6.07, 6.45) is 4.62. The van der Waals surface area contributed by atoms with E-state index in [1.807, 2.05) is 6.92 Å². The summed E-state index contributed by atoms with van der Waals surface area (Å²) in [7, 11) is 0. The molecule has 2 rings (SSSR count). The van der Waals surface area contributed by atoms with Crippen LogP contribution in [-0.2, 0) is 0 Å². The summed E-state index contributed by atoms with van der Waals surface area (Å²) < 4.78 is 0.